The molecule has 0 N–H and O–H groups in total. The number of amides is 1. The Bertz CT molecular complexity index is 481. The zero-order valence-corrected chi connectivity index (χ0v) is 12.2. The van der Waals surface area contributed by atoms with Gasteiger partial charge in [0.2, 0.25) is 0 Å². The van der Waals surface area contributed by atoms with E-state index in [1.165, 1.54) is 11.1 Å². The van der Waals surface area contributed by atoms with E-state index in [2.05, 4.69) is 11.6 Å². The van der Waals surface area contributed by atoms with Gasteiger partial charge in [-0.25, -0.2) is 4.79 Å². The molecule has 2 aliphatic rings. The van der Waals surface area contributed by atoms with Gasteiger partial charge in [0.15, 0.2) is 0 Å². The van der Waals surface area contributed by atoms with Crippen LogP contribution in [-0.2, 0) is 4.74 Å². The first-order valence-electron chi connectivity index (χ1n) is 6.67. The molecule has 0 aromatic rings. The van der Waals surface area contributed by atoms with Gasteiger partial charge in [-0.2, -0.15) is 0 Å². The van der Waals surface area contributed by atoms with Crippen LogP contribution < -0.4 is 0 Å². The monoisotopic (exact) mass is 262 g/mol. The van der Waals surface area contributed by atoms with Crippen LogP contribution in [0.25, 0.3) is 0 Å². The van der Waals surface area contributed by atoms with Crippen molar-refractivity contribution >= 4 is 11.8 Å². The molecule has 0 saturated heterocycles. The lowest BCUT2D eigenvalue weighted by molar-refractivity contribution is 0.0261. The smallest absolute Gasteiger partial charge is 0.410 e. The van der Waals surface area contributed by atoms with Gasteiger partial charge in [0.05, 0.1) is 12.3 Å². The summed E-state index contributed by atoms with van der Waals surface area (Å²) in [7, 11) is 0. The molecule has 1 amide bonds. The lowest BCUT2D eigenvalue weighted by Gasteiger charge is -2.31. The summed E-state index contributed by atoms with van der Waals surface area (Å²) in [4.78, 5) is 18.3. The summed E-state index contributed by atoms with van der Waals surface area (Å²) in [6.07, 6.45) is 0.614. The molecular formula is C15H22N2O2. The van der Waals surface area contributed by atoms with E-state index in [9.17, 15) is 4.79 Å². The van der Waals surface area contributed by atoms with Gasteiger partial charge in [-0.1, -0.05) is 6.58 Å². The minimum Gasteiger partial charge on any atom is -0.444 e. The second-order valence-corrected chi connectivity index (χ2v) is 6.18. The number of carbonyl (C=O) groups excluding carboxylic acids is 1. The van der Waals surface area contributed by atoms with E-state index in [0.29, 0.717) is 19.6 Å². The lowest BCUT2D eigenvalue weighted by atomic mass is 9.96. The Balaban J connectivity index is 2.04. The molecule has 0 unspecified atom stereocenters. The van der Waals surface area contributed by atoms with Crippen LogP contribution in [0.3, 0.4) is 0 Å². The van der Waals surface area contributed by atoms with Crippen LogP contribution in [0.5, 0.6) is 0 Å². The van der Waals surface area contributed by atoms with E-state index >= 15 is 0 Å². The number of carbonyl (C=O) groups is 1. The van der Waals surface area contributed by atoms with Crippen LogP contribution in [0.15, 0.2) is 28.3 Å². The topological polar surface area (TPSA) is 41.9 Å². The maximum atomic E-state index is 12.0. The van der Waals surface area contributed by atoms with E-state index < -0.39 is 5.60 Å². The van der Waals surface area contributed by atoms with Gasteiger partial charge in [-0.15, -0.1) is 0 Å². The van der Waals surface area contributed by atoms with E-state index in [1.54, 1.807) is 4.90 Å². The Morgan fingerprint density at radius 3 is 2.68 bits per heavy atom. The highest BCUT2D eigenvalue weighted by Gasteiger charge is 2.30. The third-order valence-electron chi connectivity index (χ3n) is 3.21. The standard InChI is InChI=1S/C15H22N2O2/c1-10(2)13-12-6-7-17(9-11(12)8-16-13)14(18)19-15(3,4)5/h1,6-9H2,2-5H3. The van der Waals surface area contributed by atoms with Crippen LogP contribution in [0.4, 0.5) is 4.79 Å². The molecule has 0 fully saturated rings. The lowest BCUT2D eigenvalue weighted by Crippen LogP contribution is -2.41. The Kier molecular flexibility index (Phi) is 3.52. The molecule has 2 rings (SSSR count). The minimum absolute atomic E-state index is 0.233. The van der Waals surface area contributed by atoms with Crippen molar-refractivity contribution in [1.82, 2.24) is 4.90 Å². The fourth-order valence-electron chi connectivity index (χ4n) is 2.40. The van der Waals surface area contributed by atoms with Gasteiger partial charge in [-0.3, -0.25) is 4.99 Å². The fraction of sp³-hybridized carbons (Fsp3) is 0.600. The molecule has 19 heavy (non-hydrogen) atoms. The zero-order valence-electron chi connectivity index (χ0n) is 12.2. The van der Waals surface area contributed by atoms with E-state index in [1.807, 2.05) is 27.7 Å². The zero-order chi connectivity index (χ0) is 14.2. The third kappa shape index (κ3) is 3.06. The SMILES string of the molecule is C=C(C)C1=NCC2=C1CCN(C(=O)OC(C)(C)C)C2. The molecular weight excluding hydrogens is 240 g/mol. The fourth-order valence-corrected chi connectivity index (χ4v) is 2.40. The van der Waals surface area contributed by atoms with Crippen molar-refractivity contribution in [2.45, 2.75) is 39.7 Å². The largest absolute Gasteiger partial charge is 0.444 e. The summed E-state index contributed by atoms with van der Waals surface area (Å²) in [5, 5.41) is 0. The molecule has 4 heteroatoms. The van der Waals surface area contributed by atoms with Crippen LogP contribution >= 0.6 is 0 Å². The van der Waals surface area contributed by atoms with Gasteiger partial charge in [-0.05, 0) is 50.8 Å². The van der Waals surface area contributed by atoms with E-state index in [0.717, 1.165) is 17.7 Å². The van der Waals surface area contributed by atoms with Crippen LogP contribution in [-0.4, -0.2) is 41.9 Å². The molecule has 0 aliphatic carbocycles. The van der Waals surface area contributed by atoms with Crippen molar-refractivity contribution in [3.8, 4) is 0 Å². The van der Waals surface area contributed by atoms with Crippen LogP contribution in [0, 0.1) is 0 Å². The molecule has 4 nitrogen and oxygen atoms in total. The average Bonchev–Trinajstić information content (AvgIpc) is 2.68. The van der Waals surface area contributed by atoms with E-state index in [-0.39, 0.29) is 6.09 Å². The quantitative estimate of drug-likeness (QED) is 0.729. The summed E-state index contributed by atoms with van der Waals surface area (Å²) >= 11 is 0. The van der Waals surface area contributed by atoms with Crippen molar-refractivity contribution in [3.63, 3.8) is 0 Å². The average molecular weight is 262 g/mol. The summed E-state index contributed by atoms with van der Waals surface area (Å²) < 4.78 is 5.41. The van der Waals surface area contributed by atoms with Crippen molar-refractivity contribution < 1.29 is 9.53 Å². The Morgan fingerprint density at radius 2 is 2.11 bits per heavy atom. The number of allylic oxidation sites excluding steroid dienone is 1. The first-order chi connectivity index (χ1) is 8.78. The number of hydrogen-bond donors (Lipinski definition) is 0. The predicted octanol–water partition coefficient (Wildman–Crippen LogP) is 2.95. The highest BCUT2D eigenvalue weighted by Crippen LogP contribution is 2.27. The van der Waals surface area contributed by atoms with Crippen LogP contribution in [0.1, 0.15) is 34.1 Å². The van der Waals surface area contributed by atoms with Gasteiger partial charge in [0, 0.05) is 13.1 Å². The molecule has 0 aromatic carbocycles. The molecule has 2 aliphatic heterocycles. The number of nitrogens with zero attached hydrogens (tertiary/aromatic N) is 2. The molecule has 2 heterocycles. The van der Waals surface area contributed by atoms with Gasteiger partial charge in [0.1, 0.15) is 5.60 Å². The maximum Gasteiger partial charge on any atom is 0.410 e. The molecule has 0 spiro atoms. The summed E-state index contributed by atoms with van der Waals surface area (Å²) in [6, 6.07) is 0. The molecule has 0 saturated carbocycles. The predicted molar refractivity (Wildman–Crippen MR) is 76.6 cm³/mol. The van der Waals surface area contributed by atoms with Crippen molar-refractivity contribution in [2.75, 3.05) is 19.6 Å². The van der Waals surface area contributed by atoms with Gasteiger partial charge in [0.25, 0.3) is 0 Å². The molecule has 0 aromatic heterocycles. The Morgan fingerprint density at radius 1 is 1.42 bits per heavy atom. The summed E-state index contributed by atoms with van der Waals surface area (Å²) in [5.74, 6) is 0. The highest BCUT2D eigenvalue weighted by molar-refractivity contribution is 6.13. The number of ether oxygens (including phenoxy) is 1. The third-order valence-corrected chi connectivity index (χ3v) is 3.21. The normalized spacial score (nSPS) is 19.2. The first kappa shape index (κ1) is 13.8. The minimum atomic E-state index is -0.444. The molecule has 0 atom stereocenters. The van der Waals surface area contributed by atoms with Crippen molar-refractivity contribution in [1.29, 1.82) is 0 Å². The second-order valence-electron chi connectivity index (χ2n) is 6.18. The second kappa shape index (κ2) is 4.83. The molecule has 0 bridgehead atoms. The first-order valence-corrected chi connectivity index (χ1v) is 6.67. The van der Waals surface area contributed by atoms with E-state index in [4.69, 9.17) is 4.74 Å². The van der Waals surface area contributed by atoms with Crippen molar-refractivity contribution in [2.24, 2.45) is 4.99 Å². The summed E-state index contributed by atoms with van der Waals surface area (Å²) in [6.45, 7) is 13.6. The summed E-state index contributed by atoms with van der Waals surface area (Å²) in [5.41, 5.74) is 4.12. The van der Waals surface area contributed by atoms with Crippen LogP contribution in [0.2, 0.25) is 0 Å². The van der Waals surface area contributed by atoms with Gasteiger partial charge >= 0.3 is 6.09 Å². The highest BCUT2D eigenvalue weighted by atomic mass is 16.6. The molecule has 0 radical (unpaired) electrons. The van der Waals surface area contributed by atoms with Crippen molar-refractivity contribution in [3.05, 3.63) is 23.3 Å². The maximum absolute atomic E-state index is 12.0. The number of hydrogen-bond acceptors (Lipinski definition) is 3. The number of aliphatic imine (C=N–C) groups is 1. The molecule has 104 valence electrons. The number of rotatable bonds is 1. The van der Waals surface area contributed by atoms with Gasteiger partial charge < -0.3 is 9.64 Å². The Labute approximate surface area is 114 Å². The Hall–Kier alpha value is -1.58.